The zero-order chi connectivity index (χ0) is 22.5. The second-order valence-corrected chi connectivity index (χ2v) is 8.16. The van der Waals surface area contributed by atoms with Crippen LogP contribution in [0.25, 0.3) is 11.0 Å². The predicted molar refractivity (Wildman–Crippen MR) is 128 cm³/mol. The minimum atomic E-state index is -0.0605. The van der Waals surface area contributed by atoms with Gasteiger partial charge in [0.05, 0.1) is 17.6 Å². The number of amides is 1. The van der Waals surface area contributed by atoms with Crippen molar-refractivity contribution < 1.29 is 9.53 Å². The van der Waals surface area contributed by atoms with Crippen molar-refractivity contribution in [1.82, 2.24) is 14.9 Å². The van der Waals surface area contributed by atoms with Gasteiger partial charge >= 0.3 is 0 Å². The first-order valence-electron chi connectivity index (χ1n) is 11.0. The van der Waals surface area contributed by atoms with Crippen molar-refractivity contribution in [2.45, 2.75) is 33.7 Å². The fourth-order valence-electron chi connectivity index (χ4n) is 3.85. The fourth-order valence-corrected chi connectivity index (χ4v) is 3.85. The third-order valence-corrected chi connectivity index (χ3v) is 5.56. The number of aromatic nitrogens is 2. The normalized spacial score (nSPS) is 11.0. The molecule has 5 nitrogen and oxygen atoms in total. The molecule has 0 aliphatic carbocycles. The molecule has 0 unspecified atom stereocenters. The van der Waals surface area contributed by atoms with Crippen LogP contribution in [0, 0.1) is 20.8 Å². The van der Waals surface area contributed by atoms with Crippen molar-refractivity contribution in [3.63, 3.8) is 0 Å². The quantitative estimate of drug-likeness (QED) is 0.430. The first kappa shape index (κ1) is 21.6. The predicted octanol–water partition coefficient (Wildman–Crippen LogP) is 5.01. The van der Waals surface area contributed by atoms with E-state index in [0.717, 1.165) is 33.7 Å². The highest BCUT2D eigenvalue weighted by atomic mass is 16.5. The number of nitrogens with one attached hydrogen (secondary N) is 1. The van der Waals surface area contributed by atoms with E-state index in [-0.39, 0.29) is 5.91 Å². The van der Waals surface area contributed by atoms with Crippen LogP contribution in [0.3, 0.4) is 0 Å². The van der Waals surface area contributed by atoms with Gasteiger partial charge in [-0.2, -0.15) is 0 Å². The average molecular weight is 428 g/mol. The van der Waals surface area contributed by atoms with Gasteiger partial charge in [-0.15, -0.1) is 0 Å². The zero-order valence-corrected chi connectivity index (χ0v) is 18.9. The lowest BCUT2D eigenvalue weighted by Crippen LogP contribution is -2.26. The molecule has 5 heteroatoms. The maximum atomic E-state index is 12.5. The van der Waals surface area contributed by atoms with Crippen molar-refractivity contribution in [2.24, 2.45) is 0 Å². The molecular formula is C27H29N3O2. The summed E-state index contributed by atoms with van der Waals surface area (Å²) in [6, 6.07) is 22.0. The average Bonchev–Trinajstić information content (AvgIpc) is 3.13. The van der Waals surface area contributed by atoms with Gasteiger partial charge in [0.15, 0.2) is 0 Å². The minimum Gasteiger partial charge on any atom is -0.491 e. The summed E-state index contributed by atoms with van der Waals surface area (Å²) < 4.78 is 8.28. The molecule has 0 saturated heterocycles. The zero-order valence-electron chi connectivity index (χ0n) is 18.9. The number of imidazole rings is 1. The van der Waals surface area contributed by atoms with Crippen molar-refractivity contribution in [2.75, 3.05) is 13.2 Å². The molecule has 32 heavy (non-hydrogen) atoms. The van der Waals surface area contributed by atoms with E-state index in [1.54, 1.807) is 0 Å². The summed E-state index contributed by atoms with van der Waals surface area (Å²) in [5, 5.41) is 3.02. The second kappa shape index (κ2) is 9.69. The van der Waals surface area contributed by atoms with Gasteiger partial charge in [-0.3, -0.25) is 4.79 Å². The summed E-state index contributed by atoms with van der Waals surface area (Å²) in [5.74, 6) is 1.80. The van der Waals surface area contributed by atoms with Crippen LogP contribution in [-0.4, -0.2) is 28.6 Å². The van der Waals surface area contributed by atoms with Crippen molar-refractivity contribution in [3.05, 3.63) is 94.8 Å². The largest absolute Gasteiger partial charge is 0.491 e. The molecule has 1 heterocycles. The third kappa shape index (κ3) is 4.99. The van der Waals surface area contributed by atoms with E-state index in [1.807, 2.05) is 49.4 Å². The Kier molecular flexibility index (Phi) is 6.55. The van der Waals surface area contributed by atoms with Crippen molar-refractivity contribution >= 4 is 16.9 Å². The van der Waals surface area contributed by atoms with Crippen LogP contribution in [0.2, 0.25) is 0 Å². The molecular weight excluding hydrogens is 398 g/mol. The van der Waals surface area contributed by atoms with Gasteiger partial charge in [0.25, 0.3) is 5.91 Å². The third-order valence-electron chi connectivity index (χ3n) is 5.56. The Hall–Kier alpha value is -3.60. The molecule has 0 aliphatic heterocycles. The van der Waals surface area contributed by atoms with E-state index in [0.29, 0.717) is 31.7 Å². The molecule has 1 N–H and O–H groups in total. The number of aryl methyl sites for hydroxylation is 3. The van der Waals surface area contributed by atoms with Crippen LogP contribution in [-0.2, 0) is 13.0 Å². The molecule has 0 saturated carbocycles. The molecule has 0 radical (unpaired) electrons. The standard InChI is InChI=1S/C27H29N3O2/c1-19-7-6-8-22(17-19)27(31)28-14-13-26-29-23-9-4-5-10-24(23)30(26)15-16-32-25-18-20(2)11-12-21(25)3/h4-12,17-18H,13-16H2,1-3H3,(H,28,31). The van der Waals surface area contributed by atoms with Crippen LogP contribution in [0.1, 0.15) is 32.9 Å². The van der Waals surface area contributed by atoms with E-state index >= 15 is 0 Å². The summed E-state index contributed by atoms with van der Waals surface area (Å²) in [5.41, 5.74) is 6.11. The Bertz CT molecular complexity index is 1240. The number of hydrogen-bond donors (Lipinski definition) is 1. The van der Waals surface area contributed by atoms with Crippen LogP contribution >= 0.6 is 0 Å². The fraction of sp³-hybridized carbons (Fsp3) is 0.259. The molecule has 1 aromatic heterocycles. The lowest BCUT2D eigenvalue weighted by Gasteiger charge is -2.13. The summed E-state index contributed by atoms with van der Waals surface area (Å²) in [7, 11) is 0. The summed E-state index contributed by atoms with van der Waals surface area (Å²) in [6.45, 7) is 7.87. The lowest BCUT2D eigenvalue weighted by atomic mass is 10.1. The number of fused-ring (bicyclic) bond motifs is 1. The second-order valence-electron chi connectivity index (χ2n) is 8.16. The van der Waals surface area contributed by atoms with Crippen LogP contribution in [0.5, 0.6) is 5.75 Å². The molecule has 164 valence electrons. The maximum absolute atomic E-state index is 12.5. The van der Waals surface area contributed by atoms with Crippen molar-refractivity contribution in [3.8, 4) is 5.75 Å². The summed E-state index contributed by atoms with van der Waals surface area (Å²) in [4.78, 5) is 17.3. The molecule has 0 atom stereocenters. The monoisotopic (exact) mass is 427 g/mol. The van der Waals surface area contributed by atoms with Crippen molar-refractivity contribution in [1.29, 1.82) is 0 Å². The molecule has 0 spiro atoms. The number of carbonyl (C=O) groups is 1. The molecule has 3 aromatic carbocycles. The topological polar surface area (TPSA) is 56.2 Å². The van der Waals surface area contributed by atoms with Gasteiger partial charge in [0.1, 0.15) is 18.2 Å². The number of para-hydroxylation sites is 2. The first-order chi connectivity index (χ1) is 15.5. The molecule has 4 aromatic rings. The smallest absolute Gasteiger partial charge is 0.251 e. The lowest BCUT2D eigenvalue weighted by molar-refractivity contribution is 0.0953. The minimum absolute atomic E-state index is 0.0605. The Balaban J connectivity index is 1.44. The van der Waals surface area contributed by atoms with E-state index in [1.165, 1.54) is 5.56 Å². The number of rotatable bonds is 8. The number of hydrogen-bond acceptors (Lipinski definition) is 3. The summed E-state index contributed by atoms with van der Waals surface area (Å²) in [6.07, 6.45) is 0.649. The van der Waals surface area contributed by atoms with Gasteiger partial charge in [0, 0.05) is 18.5 Å². The van der Waals surface area contributed by atoms with Crippen LogP contribution < -0.4 is 10.1 Å². The Morgan fingerprint density at radius 1 is 0.969 bits per heavy atom. The molecule has 4 rings (SSSR count). The SMILES string of the molecule is Cc1cccc(C(=O)NCCc2nc3ccccc3n2CCOc2cc(C)ccc2C)c1. The number of carbonyl (C=O) groups excluding carboxylic acids is 1. The van der Waals surface area contributed by atoms with Gasteiger partial charge in [-0.25, -0.2) is 4.98 Å². The summed E-state index contributed by atoms with van der Waals surface area (Å²) >= 11 is 0. The first-order valence-corrected chi connectivity index (χ1v) is 11.0. The van der Waals surface area contributed by atoms with E-state index in [9.17, 15) is 4.79 Å². The Morgan fingerprint density at radius 3 is 2.62 bits per heavy atom. The number of ether oxygens (including phenoxy) is 1. The van der Waals surface area contributed by atoms with Gasteiger partial charge in [-0.05, 0) is 62.2 Å². The van der Waals surface area contributed by atoms with Gasteiger partial charge in [0.2, 0.25) is 0 Å². The highest BCUT2D eigenvalue weighted by Crippen LogP contribution is 2.20. The molecule has 1 amide bonds. The van der Waals surface area contributed by atoms with Gasteiger partial charge in [-0.1, -0.05) is 42.0 Å². The Labute approximate surface area is 189 Å². The highest BCUT2D eigenvalue weighted by molar-refractivity contribution is 5.94. The molecule has 0 fully saturated rings. The van der Waals surface area contributed by atoms with E-state index < -0.39 is 0 Å². The highest BCUT2D eigenvalue weighted by Gasteiger charge is 2.12. The van der Waals surface area contributed by atoms with E-state index in [4.69, 9.17) is 9.72 Å². The maximum Gasteiger partial charge on any atom is 0.251 e. The molecule has 0 bridgehead atoms. The van der Waals surface area contributed by atoms with E-state index in [2.05, 4.69) is 48.0 Å². The number of benzene rings is 3. The molecule has 0 aliphatic rings. The van der Waals surface area contributed by atoms with Gasteiger partial charge < -0.3 is 14.6 Å². The van der Waals surface area contributed by atoms with Crippen LogP contribution in [0.15, 0.2) is 66.7 Å². The number of nitrogens with zero attached hydrogens (tertiary/aromatic N) is 2. The Morgan fingerprint density at radius 2 is 1.78 bits per heavy atom. The van der Waals surface area contributed by atoms with Crippen LogP contribution in [0.4, 0.5) is 0 Å².